The van der Waals surface area contributed by atoms with Gasteiger partial charge >= 0.3 is 0 Å². The highest BCUT2D eigenvalue weighted by molar-refractivity contribution is 5.74. The molecular weight excluding hydrogens is 272 g/mol. The minimum absolute atomic E-state index is 1.04. The Morgan fingerprint density at radius 1 is 1.09 bits per heavy atom. The molecule has 0 N–H and O–H groups in total. The zero-order valence-corrected chi connectivity index (χ0v) is 14.6. The van der Waals surface area contributed by atoms with Gasteiger partial charge in [0.1, 0.15) is 5.82 Å². The Morgan fingerprint density at radius 2 is 1.73 bits per heavy atom. The largest absolute Gasteiger partial charge is 0.363 e. The molecule has 0 spiro atoms. The molecule has 0 bridgehead atoms. The van der Waals surface area contributed by atoms with Crippen LogP contribution in [0.1, 0.15) is 28.7 Å². The third-order valence-electron chi connectivity index (χ3n) is 4.48. The van der Waals surface area contributed by atoms with E-state index in [0.29, 0.717) is 0 Å². The van der Waals surface area contributed by atoms with Gasteiger partial charge in [0.05, 0.1) is 0 Å². The van der Waals surface area contributed by atoms with Gasteiger partial charge in [-0.2, -0.15) is 5.10 Å². The number of rotatable bonds is 2. The van der Waals surface area contributed by atoms with Gasteiger partial charge in [-0.1, -0.05) is 17.7 Å². The fraction of sp³-hybridized carbons (Fsp3) is 0.500. The van der Waals surface area contributed by atoms with Gasteiger partial charge in [0.2, 0.25) is 0 Å². The van der Waals surface area contributed by atoms with Crippen LogP contribution in [0, 0.1) is 20.8 Å². The molecule has 0 fully saturated rings. The van der Waals surface area contributed by atoms with Crippen LogP contribution < -0.4 is 9.80 Å². The van der Waals surface area contributed by atoms with Crippen LogP contribution >= 0.6 is 0 Å². The molecule has 4 heteroatoms. The third kappa shape index (κ3) is 2.27. The first kappa shape index (κ1) is 14.9. The van der Waals surface area contributed by atoms with Gasteiger partial charge in [-0.05, 0) is 44.7 Å². The zero-order valence-electron chi connectivity index (χ0n) is 14.6. The fourth-order valence-corrected chi connectivity index (χ4v) is 3.88. The molecule has 0 aliphatic carbocycles. The van der Waals surface area contributed by atoms with Crippen LogP contribution in [-0.4, -0.2) is 30.4 Å². The second-order valence-electron chi connectivity index (χ2n) is 6.65. The Hall–Kier alpha value is -1.97. The highest BCUT2D eigenvalue weighted by atomic mass is 15.4. The van der Waals surface area contributed by atoms with E-state index >= 15 is 0 Å². The number of benzene rings is 1. The van der Waals surface area contributed by atoms with E-state index in [4.69, 9.17) is 5.10 Å². The lowest BCUT2D eigenvalue weighted by molar-refractivity contribution is 0.737. The van der Waals surface area contributed by atoms with Crippen molar-refractivity contribution >= 4 is 17.3 Å². The topological polar surface area (TPSA) is 24.3 Å². The standard InChI is InChI=1S/C18H26N4/c1-12-10-13(2)16(14(3)11-12)22-9-7-8-15-17(22)19-21(6)18(15)20(4)5/h10-11H,7-9H2,1-6H3. The molecule has 0 amide bonds. The quantitative estimate of drug-likeness (QED) is 0.848. The average Bonchev–Trinajstić information content (AvgIpc) is 2.74. The van der Waals surface area contributed by atoms with Gasteiger partial charge in [-0.25, -0.2) is 0 Å². The van der Waals surface area contributed by atoms with Gasteiger partial charge in [0.15, 0.2) is 5.82 Å². The van der Waals surface area contributed by atoms with Crippen molar-refractivity contribution in [1.82, 2.24) is 9.78 Å². The molecule has 118 valence electrons. The monoisotopic (exact) mass is 298 g/mol. The van der Waals surface area contributed by atoms with Gasteiger partial charge in [0.25, 0.3) is 0 Å². The van der Waals surface area contributed by atoms with Crippen molar-refractivity contribution in [2.24, 2.45) is 7.05 Å². The van der Waals surface area contributed by atoms with E-state index in [9.17, 15) is 0 Å². The normalized spacial score (nSPS) is 14.2. The molecular formula is C18H26N4. The fourth-order valence-electron chi connectivity index (χ4n) is 3.88. The molecule has 1 aliphatic heterocycles. The lowest BCUT2D eigenvalue weighted by Crippen LogP contribution is -2.26. The number of aromatic nitrogens is 2. The van der Waals surface area contributed by atoms with Crippen LogP contribution in [0.2, 0.25) is 0 Å². The summed E-state index contributed by atoms with van der Waals surface area (Å²) in [6.45, 7) is 7.62. The molecule has 0 atom stereocenters. The molecule has 3 rings (SSSR count). The summed E-state index contributed by atoms with van der Waals surface area (Å²) < 4.78 is 2.02. The summed E-state index contributed by atoms with van der Waals surface area (Å²) >= 11 is 0. The molecule has 4 nitrogen and oxygen atoms in total. The number of nitrogens with zero attached hydrogens (tertiary/aromatic N) is 4. The maximum atomic E-state index is 4.84. The van der Waals surface area contributed by atoms with Crippen LogP contribution in [0.25, 0.3) is 0 Å². The van der Waals surface area contributed by atoms with Gasteiger partial charge in [-0.3, -0.25) is 4.68 Å². The molecule has 0 radical (unpaired) electrons. The van der Waals surface area contributed by atoms with Crippen molar-refractivity contribution in [2.45, 2.75) is 33.6 Å². The van der Waals surface area contributed by atoms with Crippen LogP contribution in [0.4, 0.5) is 17.3 Å². The van der Waals surface area contributed by atoms with E-state index in [1.54, 1.807) is 0 Å². The first-order chi connectivity index (χ1) is 10.4. The van der Waals surface area contributed by atoms with E-state index in [1.807, 2.05) is 11.7 Å². The van der Waals surface area contributed by atoms with Crippen molar-refractivity contribution in [3.8, 4) is 0 Å². The van der Waals surface area contributed by atoms with E-state index < -0.39 is 0 Å². The number of hydrogen-bond donors (Lipinski definition) is 0. The van der Waals surface area contributed by atoms with Gasteiger partial charge < -0.3 is 9.80 Å². The number of hydrogen-bond acceptors (Lipinski definition) is 3. The minimum Gasteiger partial charge on any atom is -0.363 e. The Morgan fingerprint density at radius 3 is 2.32 bits per heavy atom. The highest BCUT2D eigenvalue weighted by Gasteiger charge is 2.28. The summed E-state index contributed by atoms with van der Waals surface area (Å²) in [6, 6.07) is 4.54. The Bertz CT molecular complexity index is 689. The molecule has 1 aliphatic rings. The predicted molar refractivity (Wildman–Crippen MR) is 93.5 cm³/mol. The Kier molecular flexibility index (Phi) is 3.63. The highest BCUT2D eigenvalue weighted by Crippen LogP contribution is 2.40. The molecule has 2 aromatic rings. The number of anilines is 3. The second kappa shape index (κ2) is 5.34. The Labute approximate surface area is 133 Å². The SMILES string of the molecule is Cc1cc(C)c(N2CCCc3c2nn(C)c3N(C)C)c(C)c1. The third-order valence-corrected chi connectivity index (χ3v) is 4.48. The van der Waals surface area contributed by atoms with Gasteiger partial charge in [-0.15, -0.1) is 0 Å². The van der Waals surface area contributed by atoms with Crippen molar-refractivity contribution < 1.29 is 0 Å². The molecule has 22 heavy (non-hydrogen) atoms. The maximum Gasteiger partial charge on any atom is 0.160 e. The van der Waals surface area contributed by atoms with Crippen LogP contribution in [-0.2, 0) is 13.5 Å². The summed E-state index contributed by atoms with van der Waals surface area (Å²) in [5.41, 5.74) is 6.70. The van der Waals surface area contributed by atoms with Crippen molar-refractivity contribution in [2.75, 3.05) is 30.4 Å². The smallest absolute Gasteiger partial charge is 0.160 e. The van der Waals surface area contributed by atoms with Crippen LogP contribution in [0.3, 0.4) is 0 Å². The molecule has 0 unspecified atom stereocenters. The van der Waals surface area contributed by atoms with Crippen LogP contribution in [0.5, 0.6) is 0 Å². The molecule has 0 saturated heterocycles. The van der Waals surface area contributed by atoms with E-state index in [1.165, 1.54) is 40.2 Å². The molecule has 1 aromatic heterocycles. The lowest BCUT2D eigenvalue weighted by atomic mass is 10.0. The maximum absolute atomic E-state index is 4.84. The number of fused-ring (bicyclic) bond motifs is 1. The van der Waals surface area contributed by atoms with E-state index in [2.05, 4.69) is 56.8 Å². The zero-order chi connectivity index (χ0) is 16.0. The van der Waals surface area contributed by atoms with Gasteiger partial charge in [0, 0.05) is 38.9 Å². The van der Waals surface area contributed by atoms with E-state index in [0.717, 1.165) is 18.8 Å². The summed E-state index contributed by atoms with van der Waals surface area (Å²) in [5, 5.41) is 4.84. The summed E-state index contributed by atoms with van der Waals surface area (Å²) in [7, 11) is 6.23. The average molecular weight is 298 g/mol. The van der Waals surface area contributed by atoms with Crippen molar-refractivity contribution in [3.05, 3.63) is 34.4 Å². The minimum atomic E-state index is 1.04. The van der Waals surface area contributed by atoms with Crippen molar-refractivity contribution in [3.63, 3.8) is 0 Å². The summed E-state index contributed by atoms with van der Waals surface area (Å²) in [5.74, 6) is 2.36. The molecule has 2 heterocycles. The van der Waals surface area contributed by atoms with E-state index in [-0.39, 0.29) is 0 Å². The first-order valence-electron chi connectivity index (χ1n) is 7.98. The first-order valence-corrected chi connectivity index (χ1v) is 7.98. The predicted octanol–water partition coefficient (Wildman–Crippen LogP) is 3.50. The molecule has 1 aromatic carbocycles. The summed E-state index contributed by atoms with van der Waals surface area (Å²) in [6.07, 6.45) is 2.28. The molecule has 0 saturated carbocycles. The lowest BCUT2D eigenvalue weighted by Gasteiger charge is -2.31. The number of aryl methyl sites for hydroxylation is 4. The Balaban J connectivity index is 2.16. The second-order valence-corrected chi connectivity index (χ2v) is 6.65. The van der Waals surface area contributed by atoms with Crippen molar-refractivity contribution in [1.29, 1.82) is 0 Å². The van der Waals surface area contributed by atoms with Crippen LogP contribution in [0.15, 0.2) is 12.1 Å². The summed E-state index contributed by atoms with van der Waals surface area (Å²) in [4.78, 5) is 4.58.